The summed E-state index contributed by atoms with van der Waals surface area (Å²) in [6, 6.07) is 4.49. The largest absolute Gasteiger partial charge is 0.376 e. The van der Waals surface area contributed by atoms with E-state index in [4.69, 9.17) is 9.72 Å². The highest BCUT2D eigenvalue weighted by Gasteiger charge is 2.30. The number of hydrogen-bond acceptors (Lipinski definition) is 4. The summed E-state index contributed by atoms with van der Waals surface area (Å²) in [6.07, 6.45) is 8.24. The first kappa shape index (κ1) is 15.1. The van der Waals surface area contributed by atoms with Gasteiger partial charge < -0.3 is 9.30 Å². The van der Waals surface area contributed by atoms with Gasteiger partial charge in [-0.15, -0.1) is 0 Å². The second kappa shape index (κ2) is 6.57. The third-order valence-corrected chi connectivity index (χ3v) is 5.26. The Labute approximate surface area is 137 Å². The molecule has 5 nitrogen and oxygen atoms in total. The van der Waals surface area contributed by atoms with E-state index in [1.165, 1.54) is 38.1 Å². The van der Waals surface area contributed by atoms with Crippen LogP contribution in [0.25, 0.3) is 11.2 Å². The van der Waals surface area contributed by atoms with Gasteiger partial charge in [0.15, 0.2) is 5.65 Å². The van der Waals surface area contributed by atoms with Crippen LogP contribution in [0.1, 0.15) is 50.9 Å². The van der Waals surface area contributed by atoms with Crippen molar-refractivity contribution in [3.8, 4) is 0 Å². The van der Waals surface area contributed by atoms with Gasteiger partial charge in [0.1, 0.15) is 11.3 Å². The lowest BCUT2D eigenvalue weighted by atomic mass is 10.1. The minimum Gasteiger partial charge on any atom is -0.376 e. The molecule has 23 heavy (non-hydrogen) atoms. The fourth-order valence-corrected chi connectivity index (χ4v) is 4.06. The molecule has 0 spiro atoms. The molecule has 0 N–H and O–H groups in total. The summed E-state index contributed by atoms with van der Waals surface area (Å²) in [6.45, 7) is 6.29. The number of hydrogen-bond donors (Lipinski definition) is 0. The Morgan fingerprint density at radius 2 is 2.22 bits per heavy atom. The molecule has 2 aromatic rings. The predicted octanol–water partition coefficient (Wildman–Crippen LogP) is 3.16. The number of imidazole rings is 1. The standard InChI is InChI=1S/C18H26N4O/c1-2-21-11-6-9-16(21)18-20-15-8-5-10-19-17(15)22(18)13-14-7-3-4-12-23-14/h5,8,10,14,16H,2-4,6-7,9,11-13H2,1H3. The van der Waals surface area contributed by atoms with Gasteiger partial charge in [-0.2, -0.15) is 0 Å². The van der Waals surface area contributed by atoms with E-state index >= 15 is 0 Å². The summed E-state index contributed by atoms with van der Waals surface area (Å²) < 4.78 is 8.32. The molecule has 124 valence electrons. The van der Waals surface area contributed by atoms with Crippen LogP contribution in [0.3, 0.4) is 0 Å². The van der Waals surface area contributed by atoms with Crippen LogP contribution in [0.5, 0.6) is 0 Å². The Morgan fingerprint density at radius 1 is 1.26 bits per heavy atom. The van der Waals surface area contributed by atoms with Crippen molar-refractivity contribution in [2.75, 3.05) is 19.7 Å². The highest BCUT2D eigenvalue weighted by Crippen LogP contribution is 2.33. The fraction of sp³-hybridized carbons (Fsp3) is 0.667. The van der Waals surface area contributed by atoms with E-state index in [0.29, 0.717) is 12.1 Å². The number of nitrogens with zero attached hydrogens (tertiary/aromatic N) is 4. The van der Waals surface area contributed by atoms with Crippen LogP contribution in [0.2, 0.25) is 0 Å². The second-order valence-electron chi connectivity index (χ2n) is 6.70. The van der Waals surface area contributed by atoms with Gasteiger partial charge in [0.2, 0.25) is 0 Å². The molecule has 2 unspecified atom stereocenters. The van der Waals surface area contributed by atoms with Crippen molar-refractivity contribution in [3.63, 3.8) is 0 Å². The van der Waals surface area contributed by atoms with Crippen molar-refractivity contribution in [2.24, 2.45) is 0 Å². The minimum atomic E-state index is 0.304. The summed E-state index contributed by atoms with van der Waals surface area (Å²) in [5.74, 6) is 1.19. The van der Waals surface area contributed by atoms with Gasteiger partial charge in [0, 0.05) is 12.8 Å². The van der Waals surface area contributed by atoms with Crippen LogP contribution in [-0.4, -0.2) is 45.2 Å². The topological polar surface area (TPSA) is 43.2 Å². The van der Waals surface area contributed by atoms with Gasteiger partial charge >= 0.3 is 0 Å². The normalized spacial score (nSPS) is 26.1. The van der Waals surface area contributed by atoms with E-state index in [1.807, 2.05) is 12.3 Å². The van der Waals surface area contributed by atoms with Crippen LogP contribution in [0.15, 0.2) is 18.3 Å². The molecule has 2 aliphatic heterocycles. The van der Waals surface area contributed by atoms with Crippen molar-refractivity contribution >= 4 is 11.2 Å². The predicted molar refractivity (Wildman–Crippen MR) is 90.3 cm³/mol. The average Bonchev–Trinajstić information content (AvgIpc) is 3.20. The third-order valence-electron chi connectivity index (χ3n) is 5.26. The van der Waals surface area contributed by atoms with Crippen molar-refractivity contribution < 1.29 is 4.74 Å². The fourth-order valence-electron chi connectivity index (χ4n) is 4.06. The molecule has 0 radical (unpaired) electrons. The summed E-state index contributed by atoms with van der Waals surface area (Å²) in [5.41, 5.74) is 2.03. The highest BCUT2D eigenvalue weighted by atomic mass is 16.5. The van der Waals surface area contributed by atoms with E-state index in [0.717, 1.165) is 37.3 Å². The maximum absolute atomic E-state index is 5.98. The average molecular weight is 314 g/mol. The summed E-state index contributed by atoms with van der Waals surface area (Å²) in [7, 11) is 0. The maximum Gasteiger partial charge on any atom is 0.160 e. The molecule has 0 amide bonds. The van der Waals surface area contributed by atoms with Crippen LogP contribution in [0.4, 0.5) is 0 Å². The number of aromatic nitrogens is 3. The van der Waals surface area contributed by atoms with Gasteiger partial charge in [-0.05, 0) is 57.3 Å². The molecule has 2 atom stereocenters. The molecule has 2 saturated heterocycles. The van der Waals surface area contributed by atoms with E-state index in [-0.39, 0.29) is 0 Å². The molecule has 4 rings (SSSR count). The van der Waals surface area contributed by atoms with Gasteiger partial charge in [-0.1, -0.05) is 6.92 Å². The van der Waals surface area contributed by atoms with E-state index in [2.05, 4.69) is 27.4 Å². The molecular formula is C18H26N4O. The SMILES string of the molecule is CCN1CCCC1c1nc2cccnc2n1CC1CCCCO1. The van der Waals surface area contributed by atoms with Crippen LogP contribution in [0, 0.1) is 0 Å². The van der Waals surface area contributed by atoms with Gasteiger partial charge in [0.25, 0.3) is 0 Å². The van der Waals surface area contributed by atoms with Crippen LogP contribution >= 0.6 is 0 Å². The number of fused-ring (bicyclic) bond motifs is 1. The molecule has 0 bridgehead atoms. The van der Waals surface area contributed by atoms with Crippen LogP contribution < -0.4 is 0 Å². The molecular weight excluding hydrogens is 288 g/mol. The molecule has 0 aliphatic carbocycles. The zero-order valence-corrected chi connectivity index (χ0v) is 13.9. The number of pyridine rings is 1. The van der Waals surface area contributed by atoms with Crippen molar-refractivity contribution in [3.05, 3.63) is 24.2 Å². The molecule has 2 fully saturated rings. The summed E-state index contributed by atoms with van der Waals surface area (Å²) in [5, 5.41) is 0. The van der Waals surface area contributed by atoms with Crippen molar-refractivity contribution in [1.29, 1.82) is 0 Å². The quantitative estimate of drug-likeness (QED) is 0.869. The Balaban J connectivity index is 1.71. The zero-order valence-electron chi connectivity index (χ0n) is 13.9. The highest BCUT2D eigenvalue weighted by molar-refractivity contribution is 5.71. The minimum absolute atomic E-state index is 0.304. The Kier molecular flexibility index (Phi) is 4.31. The smallest absolute Gasteiger partial charge is 0.160 e. The van der Waals surface area contributed by atoms with Crippen molar-refractivity contribution in [1.82, 2.24) is 19.4 Å². The first-order chi connectivity index (χ1) is 11.4. The summed E-state index contributed by atoms with van der Waals surface area (Å²) >= 11 is 0. The van der Waals surface area contributed by atoms with E-state index < -0.39 is 0 Å². The molecule has 2 aromatic heterocycles. The lowest BCUT2D eigenvalue weighted by Gasteiger charge is -2.27. The molecule has 0 aromatic carbocycles. The van der Waals surface area contributed by atoms with Crippen molar-refractivity contribution in [2.45, 2.75) is 57.7 Å². The number of ether oxygens (including phenoxy) is 1. The van der Waals surface area contributed by atoms with Gasteiger partial charge in [0.05, 0.1) is 18.7 Å². The Bertz CT molecular complexity index is 662. The Hall–Kier alpha value is -1.46. The zero-order chi connectivity index (χ0) is 15.6. The monoisotopic (exact) mass is 314 g/mol. The first-order valence-electron chi connectivity index (χ1n) is 9.03. The van der Waals surface area contributed by atoms with E-state index in [9.17, 15) is 0 Å². The molecule has 5 heteroatoms. The second-order valence-corrected chi connectivity index (χ2v) is 6.70. The number of likely N-dealkylation sites (tertiary alicyclic amines) is 1. The Morgan fingerprint density at radius 3 is 3.04 bits per heavy atom. The summed E-state index contributed by atoms with van der Waals surface area (Å²) in [4.78, 5) is 12.1. The first-order valence-corrected chi connectivity index (χ1v) is 9.03. The molecule has 2 aliphatic rings. The van der Waals surface area contributed by atoms with E-state index in [1.54, 1.807) is 0 Å². The van der Waals surface area contributed by atoms with Crippen LogP contribution in [-0.2, 0) is 11.3 Å². The lowest BCUT2D eigenvalue weighted by molar-refractivity contribution is 0.00557. The van der Waals surface area contributed by atoms with Gasteiger partial charge in [-0.3, -0.25) is 4.90 Å². The molecule has 0 saturated carbocycles. The third kappa shape index (κ3) is 2.88. The molecule has 4 heterocycles. The number of rotatable bonds is 4. The maximum atomic E-state index is 5.98. The lowest BCUT2D eigenvalue weighted by Crippen LogP contribution is -2.29. The van der Waals surface area contributed by atoms with Gasteiger partial charge in [-0.25, -0.2) is 9.97 Å².